The average Bonchev–Trinajstić information content (AvgIpc) is 3.47. The van der Waals surface area contributed by atoms with Crippen LogP contribution in [0.5, 0.6) is 0 Å². The molecule has 0 radical (unpaired) electrons. The number of benzene rings is 2. The molecule has 34 heavy (non-hydrogen) atoms. The number of rotatable bonds is 8. The first-order valence-corrected chi connectivity index (χ1v) is 12.1. The smallest absolute Gasteiger partial charge is 0.170 e. The Hall–Kier alpha value is -3.64. The van der Waals surface area contributed by atoms with Crippen molar-refractivity contribution in [1.82, 2.24) is 19.8 Å². The molecule has 2 N–H and O–H groups in total. The van der Waals surface area contributed by atoms with Crippen LogP contribution >= 0.6 is 12.2 Å². The minimum Gasteiger partial charge on any atom is -0.385 e. The zero-order valence-electron chi connectivity index (χ0n) is 19.3. The Bertz CT molecular complexity index is 1240. The molecule has 5 rings (SSSR count). The van der Waals surface area contributed by atoms with Gasteiger partial charge in [0.15, 0.2) is 5.11 Å². The van der Waals surface area contributed by atoms with Crippen LogP contribution in [0, 0.1) is 6.92 Å². The maximum Gasteiger partial charge on any atom is 0.170 e. The van der Waals surface area contributed by atoms with Gasteiger partial charge in [-0.05, 0) is 73.6 Å². The molecule has 0 amide bonds. The van der Waals surface area contributed by atoms with Crippen molar-refractivity contribution >= 4 is 23.0 Å². The van der Waals surface area contributed by atoms with Gasteiger partial charge in [0.1, 0.15) is 0 Å². The summed E-state index contributed by atoms with van der Waals surface area (Å²) in [5.41, 5.74) is 5.76. The second kappa shape index (κ2) is 10.1. The van der Waals surface area contributed by atoms with Gasteiger partial charge in [0.05, 0.1) is 17.8 Å². The van der Waals surface area contributed by atoms with Crippen LogP contribution in [0.4, 0.5) is 5.69 Å². The summed E-state index contributed by atoms with van der Waals surface area (Å²) < 4.78 is 2.29. The molecule has 4 aromatic rings. The molecule has 1 aliphatic heterocycles. The fourth-order valence-corrected chi connectivity index (χ4v) is 5.03. The molecular formula is C28H29N5S. The van der Waals surface area contributed by atoms with Crippen molar-refractivity contribution < 1.29 is 0 Å². The number of hydrogen-bond donors (Lipinski definition) is 2. The van der Waals surface area contributed by atoms with Gasteiger partial charge >= 0.3 is 0 Å². The molecule has 0 bridgehead atoms. The van der Waals surface area contributed by atoms with Gasteiger partial charge in [-0.25, -0.2) is 0 Å². The van der Waals surface area contributed by atoms with E-state index in [1.54, 1.807) is 0 Å². The molecule has 1 fully saturated rings. The first-order chi connectivity index (χ1) is 16.7. The number of anilines is 1. The normalized spacial score (nSPS) is 17.6. The summed E-state index contributed by atoms with van der Waals surface area (Å²) >= 11 is 5.85. The van der Waals surface area contributed by atoms with E-state index < -0.39 is 0 Å². The van der Waals surface area contributed by atoms with Gasteiger partial charge in [-0.1, -0.05) is 42.5 Å². The Kier molecular flexibility index (Phi) is 6.58. The van der Waals surface area contributed by atoms with Crippen LogP contribution in [-0.2, 0) is 0 Å². The van der Waals surface area contributed by atoms with Crippen LogP contribution in [0.25, 0.3) is 5.69 Å². The van der Waals surface area contributed by atoms with Crippen LogP contribution < -0.4 is 10.6 Å². The third kappa shape index (κ3) is 4.54. The summed E-state index contributed by atoms with van der Waals surface area (Å²) in [6.45, 7) is 3.88. The Balaban J connectivity index is 1.44. The lowest BCUT2D eigenvalue weighted by Crippen LogP contribution is -2.32. The first-order valence-electron chi connectivity index (χ1n) is 11.7. The van der Waals surface area contributed by atoms with E-state index in [9.17, 15) is 0 Å². The van der Waals surface area contributed by atoms with Crippen molar-refractivity contribution in [2.24, 2.45) is 0 Å². The van der Waals surface area contributed by atoms with Crippen molar-refractivity contribution in [1.29, 1.82) is 0 Å². The molecule has 0 spiro atoms. The number of nitrogens with one attached hydrogen (secondary N) is 2. The zero-order chi connectivity index (χ0) is 23.3. The lowest BCUT2D eigenvalue weighted by molar-refractivity contribution is 0.307. The Morgan fingerprint density at radius 1 is 0.941 bits per heavy atom. The number of thiocarbonyl (C=S) groups is 1. The number of hydrogen-bond acceptors (Lipinski definition) is 3. The van der Waals surface area contributed by atoms with Gasteiger partial charge < -0.3 is 20.1 Å². The number of para-hydroxylation sites is 2. The number of aryl methyl sites for hydroxylation is 1. The molecule has 1 aliphatic rings. The Morgan fingerprint density at radius 3 is 2.53 bits per heavy atom. The highest BCUT2D eigenvalue weighted by Crippen LogP contribution is 2.39. The topological polar surface area (TPSA) is 45.1 Å². The first kappa shape index (κ1) is 22.2. The fourth-order valence-electron chi connectivity index (χ4n) is 4.69. The van der Waals surface area contributed by atoms with Crippen LogP contribution in [0.1, 0.15) is 35.5 Å². The minimum atomic E-state index is -0.0200. The van der Waals surface area contributed by atoms with Crippen molar-refractivity contribution in [2.45, 2.75) is 25.4 Å². The molecule has 0 aliphatic carbocycles. The second-order valence-corrected chi connectivity index (χ2v) is 8.94. The van der Waals surface area contributed by atoms with E-state index in [0.29, 0.717) is 0 Å². The van der Waals surface area contributed by atoms with Gasteiger partial charge in [0, 0.05) is 42.6 Å². The van der Waals surface area contributed by atoms with Crippen molar-refractivity contribution in [3.63, 3.8) is 0 Å². The third-order valence-corrected chi connectivity index (χ3v) is 6.69. The third-order valence-electron chi connectivity index (χ3n) is 6.33. The van der Waals surface area contributed by atoms with E-state index >= 15 is 0 Å². The zero-order valence-corrected chi connectivity index (χ0v) is 20.1. The molecule has 1 saturated heterocycles. The van der Waals surface area contributed by atoms with Crippen molar-refractivity contribution in [2.75, 3.05) is 18.4 Å². The van der Waals surface area contributed by atoms with E-state index in [2.05, 4.69) is 105 Å². The van der Waals surface area contributed by atoms with E-state index in [4.69, 9.17) is 12.2 Å². The van der Waals surface area contributed by atoms with Crippen LogP contribution in [0.3, 0.4) is 0 Å². The Morgan fingerprint density at radius 2 is 1.74 bits per heavy atom. The number of nitrogens with zero attached hydrogens (tertiary/aromatic N) is 3. The molecule has 2 aromatic carbocycles. The highest BCUT2D eigenvalue weighted by atomic mass is 32.1. The van der Waals surface area contributed by atoms with E-state index in [1.807, 2.05) is 24.4 Å². The van der Waals surface area contributed by atoms with E-state index in [-0.39, 0.29) is 12.1 Å². The molecular weight excluding hydrogens is 438 g/mol. The quantitative estimate of drug-likeness (QED) is 0.259. The van der Waals surface area contributed by atoms with Gasteiger partial charge in [-0.3, -0.25) is 4.98 Å². The summed E-state index contributed by atoms with van der Waals surface area (Å²) in [4.78, 5) is 7.00. The highest BCUT2D eigenvalue weighted by molar-refractivity contribution is 7.80. The van der Waals surface area contributed by atoms with Gasteiger partial charge in [-0.15, -0.1) is 0 Å². The lowest BCUT2D eigenvalue weighted by atomic mass is 10.0. The van der Waals surface area contributed by atoms with E-state index in [0.717, 1.165) is 36.0 Å². The lowest BCUT2D eigenvalue weighted by Gasteiger charge is -2.29. The summed E-state index contributed by atoms with van der Waals surface area (Å²) in [7, 11) is 0. The standard InChI is InChI=1S/C28H29N5S/c1-21-11-5-6-15-24(21)32-19-9-16-25(32)27-26(23-14-7-8-17-30-23)31-28(34)33(27)20-10-18-29-22-12-3-2-4-13-22/h2-9,11-17,19,26-27,29H,10,18,20H2,1H3,(H,31,34)/t26-,27-/m1/s1. The van der Waals surface area contributed by atoms with Gasteiger partial charge in [0.2, 0.25) is 0 Å². The summed E-state index contributed by atoms with van der Waals surface area (Å²) in [5, 5.41) is 7.86. The summed E-state index contributed by atoms with van der Waals surface area (Å²) in [6.07, 6.45) is 4.96. The summed E-state index contributed by atoms with van der Waals surface area (Å²) in [5.74, 6) is 0. The van der Waals surface area contributed by atoms with Gasteiger partial charge in [0.25, 0.3) is 0 Å². The molecule has 6 heteroatoms. The monoisotopic (exact) mass is 467 g/mol. The SMILES string of the molecule is Cc1ccccc1-n1cccc1[C@@H]1[C@@H](c2ccccn2)NC(=S)N1CCCNc1ccccc1. The molecule has 3 heterocycles. The van der Waals surface area contributed by atoms with Crippen LogP contribution in [-0.4, -0.2) is 32.7 Å². The molecule has 0 saturated carbocycles. The molecule has 0 unspecified atom stereocenters. The maximum absolute atomic E-state index is 5.85. The molecule has 2 atom stereocenters. The predicted octanol–water partition coefficient (Wildman–Crippen LogP) is 5.66. The second-order valence-electron chi connectivity index (χ2n) is 8.56. The molecule has 172 valence electrons. The molecule has 2 aromatic heterocycles. The highest BCUT2D eigenvalue weighted by Gasteiger charge is 2.41. The van der Waals surface area contributed by atoms with Gasteiger partial charge in [-0.2, -0.15) is 0 Å². The largest absolute Gasteiger partial charge is 0.385 e. The van der Waals surface area contributed by atoms with Crippen molar-refractivity contribution in [3.8, 4) is 5.69 Å². The van der Waals surface area contributed by atoms with Crippen LogP contribution in [0.15, 0.2) is 97.3 Å². The minimum absolute atomic E-state index is 0.0200. The van der Waals surface area contributed by atoms with E-state index in [1.165, 1.54) is 16.9 Å². The summed E-state index contributed by atoms with van der Waals surface area (Å²) in [6, 6.07) is 29.2. The van der Waals surface area contributed by atoms with Crippen LogP contribution in [0.2, 0.25) is 0 Å². The maximum atomic E-state index is 5.85. The molecule has 5 nitrogen and oxygen atoms in total. The average molecular weight is 468 g/mol. The number of pyridine rings is 1. The fraction of sp³-hybridized carbons (Fsp3) is 0.214. The number of aromatic nitrogens is 2. The Labute approximate surface area is 206 Å². The van der Waals surface area contributed by atoms with Crippen molar-refractivity contribution in [3.05, 3.63) is 114 Å². The predicted molar refractivity (Wildman–Crippen MR) is 142 cm³/mol.